The normalized spacial score (nSPS) is 15.8. The highest BCUT2D eigenvalue weighted by Crippen LogP contribution is 2.42. The standard InChI is InChI=1S/C28H33N3O5S.2H2/c1-17-15-18(2)24(19(3)16-17)36-27-21(8-9-22(30-27)20-10-12-28(4,5)13-11-20)25(32)31-37(34,35)23-7-6-14-29-26(23)33;;/h6-9,14-16,20H,10-13H2,1-5H3,(H,29,33)(H,31,32);2*1H. The summed E-state index contributed by atoms with van der Waals surface area (Å²) in [5.41, 5.74) is 3.07. The van der Waals surface area contributed by atoms with E-state index in [2.05, 4.69) is 18.8 Å². The van der Waals surface area contributed by atoms with Gasteiger partial charge in [0.15, 0.2) is 4.90 Å². The number of amides is 1. The topological polar surface area (TPSA) is 118 Å². The molecule has 0 aliphatic heterocycles. The molecule has 0 spiro atoms. The first-order valence-corrected chi connectivity index (χ1v) is 13.9. The van der Waals surface area contributed by atoms with Crippen LogP contribution >= 0.6 is 0 Å². The van der Waals surface area contributed by atoms with Crippen molar-refractivity contribution in [2.45, 2.75) is 71.1 Å². The molecule has 2 aromatic heterocycles. The fourth-order valence-corrected chi connectivity index (χ4v) is 5.93. The highest BCUT2D eigenvalue weighted by molar-refractivity contribution is 7.90. The molecule has 0 atom stereocenters. The molecule has 1 aliphatic rings. The van der Waals surface area contributed by atoms with Crippen LogP contribution in [0.5, 0.6) is 11.6 Å². The average Bonchev–Trinajstić information content (AvgIpc) is 2.81. The number of aromatic amines is 1. The number of rotatable bonds is 6. The van der Waals surface area contributed by atoms with E-state index in [0.29, 0.717) is 5.75 Å². The van der Waals surface area contributed by atoms with Crippen molar-refractivity contribution in [1.29, 1.82) is 0 Å². The predicted octanol–water partition coefficient (Wildman–Crippen LogP) is 5.78. The van der Waals surface area contributed by atoms with Crippen LogP contribution in [0.2, 0.25) is 0 Å². The number of nitrogens with zero attached hydrogens (tertiary/aromatic N) is 1. The van der Waals surface area contributed by atoms with E-state index < -0.39 is 26.4 Å². The number of aromatic nitrogens is 2. The van der Waals surface area contributed by atoms with Gasteiger partial charge in [0.2, 0.25) is 5.88 Å². The van der Waals surface area contributed by atoms with Gasteiger partial charge in [-0.25, -0.2) is 18.1 Å². The molecule has 8 nitrogen and oxygen atoms in total. The van der Waals surface area contributed by atoms with Crippen LogP contribution in [0.1, 0.15) is 81.0 Å². The van der Waals surface area contributed by atoms with Crippen LogP contribution in [0.4, 0.5) is 0 Å². The largest absolute Gasteiger partial charge is 0.438 e. The third-order valence-corrected chi connectivity index (χ3v) is 8.34. The van der Waals surface area contributed by atoms with Gasteiger partial charge in [0.25, 0.3) is 21.5 Å². The summed E-state index contributed by atoms with van der Waals surface area (Å²) in [4.78, 5) is 31.8. The highest BCUT2D eigenvalue weighted by atomic mass is 32.2. The monoisotopic (exact) mass is 527 g/mol. The summed E-state index contributed by atoms with van der Waals surface area (Å²) in [6, 6.07) is 9.77. The van der Waals surface area contributed by atoms with Gasteiger partial charge in [0.05, 0.1) is 0 Å². The molecule has 200 valence electrons. The van der Waals surface area contributed by atoms with Gasteiger partial charge in [-0.1, -0.05) is 31.5 Å². The molecule has 37 heavy (non-hydrogen) atoms. The van der Waals surface area contributed by atoms with Crippen molar-refractivity contribution in [3.05, 3.63) is 80.9 Å². The molecule has 0 saturated heterocycles. The molecule has 1 amide bonds. The Labute approximate surface area is 220 Å². The number of hydrogen-bond acceptors (Lipinski definition) is 6. The Morgan fingerprint density at radius 1 is 1.11 bits per heavy atom. The highest BCUT2D eigenvalue weighted by Gasteiger charge is 2.30. The fourth-order valence-electron chi connectivity index (χ4n) is 4.90. The lowest BCUT2D eigenvalue weighted by Crippen LogP contribution is -2.34. The van der Waals surface area contributed by atoms with Gasteiger partial charge in [-0.2, -0.15) is 0 Å². The summed E-state index contributed by atoms with van der Waals surface area (Å²) in [6.07, 6.45) is 5.39. The summed E-state index contributed by atoms with van der Waals surface area (Å²) in [6.45, 7) is 10.3. The van der Waals surface area contributed by atoms with Gasteiger partial charge in [-0.15, -0.1) is 0 Å². The van der Waals surface area contributed by atoms with Crippen LogP contribution in [-0.4, -0.2) is 24.3 Å². The molecule has 1 fully saturated rings. The van der Waals surface area contributed by atoms with E-state index in [4.69, 9.17) is 9.72 Å². The molecule has 1 aliphatic carbocycles. The lowest BCUT2D eigenvalue weighted by atomic mass is 9.72. The van der Waals surface area contributed by atoms with Crippen molar-refractivity contribution in [3.63, 3.8) is 0 Å². The Kier molecular flexibility index (Phi) is 7.28. The maximum absolute atomic E-state index is 13.2. The van der Waals surface area contributed by atoms with Gasteiger partial charge >= 0.3 is 0 Å². The number of ether oxygens (including phenoxy) is 1. The summed E-state index contributed by atoms with van der Waals surface area (Å²) in [5, 5.41) is 0. The van der Waals surface area contributed by atoms with Crippen molar-refractivity contribution in [2.75, 3.05) is 0 Å². The minimum absolute atomic E-state index is 0. The van der Waals surface area contributed by atoms with Crippen LogP contribution in [0.25, 0.3) is 0 Å². The molecule has 2 N–H and O–H groups in total. The van der Waals surface area contributed by atoms with Crippen molar-refractivity contribution < 1.29 is 20.8 Å². The van der Waals surface area contributed by atoms with Gasteiger partial charge < -0.3 is 9.72 Å². The molecule has 9 heteroatoms. The van der Waals surface area contributed by atoms with Crippen molar-refractivity contribution >= 4 is 15.9 Å². The molecule has 0 bridgehead atoms. The van der Waals surface area contributed by atoms with Gasteiger partial charge in [0.1, 0.15) is 11.3 Å². The van der Waals surface area contributed by atoms with E-state index in [1.54, 1.807) is 12.1 Å². The van der Waals surface area contributed by atoms with E-state index in [9.17, 15) is 18.0 Å². The number of pyridine rings is 2. The minimum atomic E-state index is -4.42. The van der Waals surface area contributed by atoms with Crippen LogP contribution in [-0.2, 0) is 10.0 Å². The Morgan fingerprint density at radius 3 is 2.38 bits per heavy atom. The molecule has 0 radical (unpaired) electrons. The third-order valence-electron chi connectivity index (χ3n) is 6.99. The second-order valence-corrected chi connectivity index (χ2v) is 12.3. The number of hydrogen-bond donors (Lipinski definition) is 2. The molecule has 3 aromatic rings. The first-order chi connectivity index (χ1) is 17.4. The van der Waals surface area contributed by atoms with E-state index in [1.165, 1.54) is 12.3 Å². The van der Waals surface area contributed by atoms with E-state index in [0.717, 1.165) is 54.1 Å². The number of nitrogens with one attached hydrogen (secondary N) is 2. The quantitative estimate of drug-likeness (QED) is 0.419. The third kappa shape index (κ3) is 5.93. The number of benzene rings is 1. The smallest absolute Gasteiger partial charge is 0.270 e. The lowest BCUT2D eigenvalue weighted by molar-refractivity contribution is 0.0978. The fraction of sp³-hybridized carbons (Fsp3) is 0.393. The van der Waals surface area contributed by atoms with Crippen LogP contribution in [0.3, 0.4) is 0 Å². The predicted molar refractivity (Wildman–Crippen MR) is 146 cm³/mol. The van der Waals surface area contributed by atoms with Gasteiger partial charge in [-0.05, 0) is 87.3 Å². The molecule has 4 rings (SSSR count). The second-order valence-electron chi connectivity index (χ2n) is 10.7. The number of carbonyl (C=O) groups excluding carboxylic acids is 1. The molecule has 0 unspecified atom stereocenters. The zero-order valence-electron chi connectivity index (χ0n) is 21.8. The molecule has 1 aromatic carbocycles. The van der Waals surface area contributed by atoms with Gasteiger partial charge in [0, 0.05) is 20.7 Å². The van der Waals surface area contributed by atoms with E-state index in [-0.39, 0.29) is 25.6 Å². The maximum atomic E-state index is 13.2. The molecular weight excluding hydrogens is 490 g/mol. The van der Waals surface area contributed by atoms with Crippen molar-refractivity contribution in [1.82, 2.24) is 14.7 Å². The summed E-state index contributed by atoms with van der Waals surface area (Å²) < 4.78 is 33.9. The summed E-state index contributed by atoms with van der Waals surface area (Å²) >= 11 is 0. The Hall–Kier alpha value is -3.46. The lowest BCUT2D eigenvalue weighted by Gasteiger charge is -2.34. The number of aryl methyl sites for hydroxylation is 3. The summed E-state index contributed by atoms with van der Waals surface area (Å²) in [5.74, 6) is -0.104. The van der Waals surface area contributed by atoms with E-state index >= 15 is 0 Å². The number of H-pyrrole nitrogens is 1. The van der Waals surface area contributed by atoms with Crippen LogP contribution < -0.4 is 15.0 Å². The SMILES string of the molecule is Cc1cc(C)c(Oc2nc(C3CCC(C)(C)CC3)ccc2C(=O)NS(=O)(=O)c2ccc[nH]c2=O)c(C)c1.[HH].[HH]. The minimum Gasteiger partial charge on any atom is -0.438 e. The zero-order chi connectivity index (χ0) is 27.0. The first kappa shape index (κ1) is 26.6. The zero-order valence-corrected chi connectivity index (χ0v) is 22.7. The maximum Gasteiger partial charge on any atom is 0.270 e. The Balaban J connectivity index is 0.00000267. The summed E-state index contributed by atoms with van der Waals surface area (Å²) in [7, 11) is -4.42. The van der Waals surface area contributed by atoms with Crippen molar-refractivity contribution in [3.8, 4) is 11.6 Å². The second kappa shape index (κ2) is 10.1. The number of sulfonamides is 1. The number of carbonyl (C=O) groups is 1. The molecule has 1 saturated carbocycles. The Bertz CT molecular complexity index is 1490. The van der Waals surface area contributed by atoms with Crippen LogP contribution in [0, 0.1) is 26.2 Å². The Morgan fingerprint density at radius 2 is 1.76 bits per heavy atom. The van der Waals surface area contributed by atoms with E-state index in [1.807, 2.05) is 37.6 Å². The molecule has 2 heterocycles. The van der Waals surface area contributed by atoms with Crippen LogP contribution in [0.15, 0.2) is 52.3 Å². The molecular formula is C28H37N3O5S. The average molecular weight is 528 g/mol. The first-order valence-electron chi connectivity index (χ1n) is 12.4. The van der Waals surface area contributed by atoms with Crippen molar-refractivity contribution in [2.24, 2.45) is 5.41 Å². The van der Waals surface area contributed by atoms with Gasteiger partial charge in [-0.3, -0.25) is 9.59 Å².